The molecule has 0 unspecified atom stereocenters. The summed E-state index contributed by atoms with van der Waals surface area (Å²) in [5, 5.41) is 10.2. The maximum atomic E-state index is 4.73. The Kier molecular flexibility index (Phi) is 3.71. The molecule has 1 aromatic heterocycles. The van der Waals surface area contributed by atoms with Gasteiger partial charge in [-0.25, -0.2) is 0 Å². The van der Waals surface area contributed by atoms with Crippen LogP contribution >= 0.6 is 0 Å². The van der Waals surface area contributed by atoms with Crippen LogP contribution in [-0.2, 0) is 6.54 Å². The van der Waals surface area contributed by atoms with Crippen LogP contribution < -0.4 is 10.6 Å². The van der Waals surface area contributed by atoms with Crippen LogP contribution in [0.5, 0.6) is 0 Å². The fourth-order valence-electron chi connectivity index (χ4n) is 1.04. The highest BCUT2D eigenvalue weighted by Crippen LogP contribution is 1.98. The molecular formula is C10H18N4O. The number of hydrogen-bond donors (Lipinski definition) is 2. The van der Waals surface area contributed by atoms with E-state index in [0.29, 0.717) is 6.54 Å². The zero-order valence-corrected chi connectivity index (χ0v) is 9.66. The molecule has 0 bridgehead atoms. The van der Waals surface area contributed by atoms with Gasteiger partial charge in [0, 0.05) is 18.7 Å². The van der Waals surface area contributed by atoms with Crippen LogP contribution in [-0.4, -0.2) is 23.7 Å². The van der Waals surface area contributed by atoms with Gasteiger partial charge in [0.25, 0.3) is 0 Å². The molecule has 0 atom stereocenters. The Morgan fingerprint density at radius 3 is 2.73 bits per heavy atom. The molecule has 5 heteroatoms. The molecule has 0 radical (unpaired) electrons. The van der Waals surface area contributed by atoms with E-state index in [0.717, 1.165) is 11.7 Å². The summed E-state index contributed by atoms with van der Waals surface area (Å²) in [5.74, 6) is 0.755. The molecule has 0 aromatic carbocycles. The summed E-state index contributed by atoms with van der Waals surface area (Å²) >= 11 is 0. The molecule has 0 spiro atoms. The Hall–Kier alpha value is -1.52. The van der Waals surface area contributed by atoms with Crippen LogP contribution in [0.4, 0.5) is 0 Å². The third-order valence-corrected chi connectivity index (χ3v) is 1.65. The lowest BCUT2D eigenvalue weighted by molar-refractivity contribution is 0.410. The zero-order valence-electron chi connectivity index (χ0n) is 9.66. The van der Waals surface area contributed by atoms with Gasteiger partial charge in [0.1, 0.15) is 12.0 Å². The molecule has 0 aliphatic rings. The number of nitrogens with one attached hydrogen (secondary N) is 2. The average molecular weight is 210 g/mol. The fraction of sp³-hybridized carbons (Fsp3) is 0.600. The van der Waals surface area contributed by atoms with Gasteiger partial charge in [0.15, 0.2) is 5.96 Å². The second-order valence-corrected chi connectivity index (χ2v) is 4.29. The van der Waals surface area contributed by atoms with E-state index in [1.165, 1.54) is 0 Å². The summed E-state index contributed by atoms with van der Waals surface area (Å²) in [4.78, 5) is 4.11. The molecule has 0 saturated heterocycles. The average Bonchev–Trinajstić information content (AvgIpc) is 2.62. The van der Waals surface area contributed by atoms with E-state index in [4.69, 9.17) is 4.52 Å². The predicted octanol–water partition coefficient (Wildman–Crippen LogP) is 1.14. The van der Waals surface area contributed by atoms with Crippen LogP contribution in [0.3, 0.4) is 0 Å². The quantitative estimate of drug-likeness (QED) is 0.567. The number of aliphatic imine (C=N–C) groups is 1. The number of aromatic nitrogens is 1. The van der Waals surface area contributed by atoms with Crippen molar-refractivity contribution in [3.05, 3.63) is 18.0 Å². The number of nitrogens with zero attached hydrogens (tertiary/aromatic N) is 2. The first-order chi connectivity index (χ1) is 7.01. The molecule has 0 amide bonds. The minimum absolute atomic E-state index is 0.00827. The van der Waals surface area contributed by atoms with Crippen LogP contribution in [0.15, 0.2) is 21.8 Å². The summed E-state index contributed by atoms with van der Waals surface area (Å²) < 4.78 is 4.73. The Morgan fingerprint density at radius 1 is 1.53 bits per heavy atom. The molecule has 1 aromatic rings. The summed E-state index contributed by atoms with van der Waals surface area (Å²) in [6, 6.07) is 1.82. The van der Waals surface area contributed by atoms with Crippen molar-refractivity contribution in [2.24, 2.45) is 4.99 Å². The summed E-state index contributed by atoms with van der Waals surface area (Å²) in [6.07, 6.45) is 1.55. The van der Waals surface area contributed by atoms with Crippen LogP contribution in [0.2, 0.25) is 0 Å². The van der Waals surface area contributed by atoms with E-state index in [9.17, 15) is 0 Å². The molecule has 0 saturated carbocycles. The topological polar surface area (TPSA) is 62.5 Å². The molecule has 5 nitrogen and oxygen atoms in total. The first-order valence-corrected chi connectivity index (χ1v) is 4.89. The van der Waals surface area contributed by atoms with Crippen molar-refractivity contribution in [3.63, 3.8) is 0 Å². The van der Waals surface area contributed by atoms with Gasteiger partial charge >= 0.3 is 0 Å². The Balaban J connectivity index is 2.42. The van der Waals surface area contributed by atoms with Gasteiger partial charge in [-0.15, -0.1) is 0 Å². The lowest BCUT2D eigenvalue weighted by Gasteiger charge is -2.23. The molecule has 2 N–H and O–H groups in total. The smallest absolute Gasteiger partial charge is 0.191 e. The largest absolute Gasteiger partial charge is 0.364 e. The van der Waals surface area contributed by atoms with Crippen molar-refractivity contribution in [1.29, 1.82) is 0 Å². The minimum atomic E-state index is -0.00827. The monoisotopic (exact) mass is 210 g/mol. The van der Waals surface area contributed by atoms with Gasteiger partial charge in [-0.2, -0.15) is 0 Å². The van der Waals surface area contributed by atoms with Gasteiger partial charge in [0.05, 0.1) is 6.54 Å². The maximum absolute atomic E-state index is 4.73. The van der Waals surface area contributed by atoms with Crippen molar-refractivity contribution in [2.75, 3.05) is 7.05 Å². The molecule has 84 valence electrons. The second kappa shape index (κ2) is 4.82. The van der Waals surface area contributed by atoms with Crippen molar-refractivity contribution < 1.29 is 4.52 Å². The molecule has 0 aliphatic heterocycles. The van der Waals surface area contributed by atoms with Crippen LogP contribution in [0.1, 0.15) is 26.5 Å². The van der Waals surface area contributed by atoms with E-state index >= 15 is 0 Å². The van der Waals surface area contributed by atoms with E-state index in [1.54, 1.807) is 13.3 Å². The summed E-state index contributed by atoms with van der Waals surface area (Å²) in [5.41, 5.74) is 0.845. The van der Waals surface area contributed by atoms with Gasteiger partial charge in [-0.05, 0) is 20.8 Å². The third-order valence-electron chi connectivity index (χ3n) is 1.65. The van der Waals surface area contributed by atoms with E-state index in [-0.39, 0.29) is 5.54 Å². The van der Waals surface area contributed by atoms with Crippen molar-refractivity contribution >= 4 is 5.96 Å². The standard InChI is InChI=1S/C10H18N4O/c1-10(2,3)13-9(11-4)12-7-8-5-6-15-14-8/h5-6H,7H2,1-4H3,(H2,11,12,13). The first-order valence-electron chi connectivity index (χ1n) is 4.89. The third kappa shape index (κ3) is 4.49. The van der Waals surface area contributed by atoms with Crippen LogP contribution in [0, 0.1) is 0 Å². The van der Waals surface area contributed by atoms with Gasteiger partial charge in [-0.3, -0.25) is 4.99 Å². The molecule has 0 aliphatic carbocycles. The second-order valence-electron chi connectivity index (χ2n) is 4.29. The zero-order chi connectivity index (χ0) is 11.3. The van der Waals surface area contributed by atoms with E-state index in [2.05, 4.69) is 41.6 Å². The lowest BCUT2D eigenvalue weighted by Crippen LogP contribution is -2.47. The molecule has 15 heavy (non-hydrogen) atoms. The molecule has 1 rings (SSSR count). The number of hydrogen-bond acceptors (Lipinski definition) is 3. The molecule has 1 heterocycles. The minimum Gasteiger partial charge on any atom is -0.364 e. The maximum Gasteiger partial charge on any atom is 0.191 e. The number of rotatable bonds is 2. The van der Waals surface area contributed by atoms with Gasteiger partial charge in [0.2, 0.25) is 0 Å². The normalized spacial score (nSPS) is 12.7. The highest BCUT2D eigenvalue weighted by Gasteiger charge is 2.11. The number of guanidine groups is 1. The van der Waals surface area contributed by atoms with Gasteiger partial charge < -0.3 is 15.2 Å². The van der Waals surface area contributed by atoms with E-state index < -0.39 is 0 Å². The highest BCUT2D eigenvalue weighted by atomic mass is 16.5. The fourth-order valence-corrected chi connectivity index (χ4v) is 1.04. The first kappa shape index (κ1) is 11.6. The van der Waals surface area contributed by atoms with Crippen molar-refractivity contribution in [2.45, 2.75) is 32.9 Å². The summed E-state index contributed by atoms with van der Waals surface area (Å²) in [6.45, 7) is 6.84. The lowest BCUT2D eigenvalue weighted by atomic mass is 10.1. The van der Waals surface area contributed by atoms with Crippen molar-refractivity contribution in [3.8, 4) is 0 Å². The summed E-state index contributed by atoms with van der Waals surface area (Å²) in [7, 11) is 1.74. The molecular weight excluding hydrogens is 192 g/mol. The van der Waals surface area contributed by atoms with Crippen LogP contribution in [0.25, 0.3) is 0 Å². The Bertz CT molecular complexity index is 311. The Labute approximate surface area is 89.9 Å². The van der Waals surface area contributed by atoms with Gasteiger partial charge in [-0.1, -0.05) is 5.16 Å². The predicted molar refractivity (Wildman–Crippen MR) is 59.6 cm³/mol. The van der Waals surface area contributed by atoms with E-state index in [1.807, 2.05) is 6.07 Å². The Morgan fingerprint density at radius 2 is 2.27 bits per heavy atom. The molecule has 0 fully saturated rings. The van der Waals surface area contributed by atoms with Crippen molar-refractivity contribution in [1.82, 2.24) is 15.8 Å². The SMILES string of the molecule is CN=C(NCc1ccon1)NC(C)(C)C. The highest BCUT2D eigenvalue weighted by molar-refractivity contribution is 5.80.